The number of likely N-dealkylation sites (N-methyl/N-ethyl adjacent to an activating group) is 1. The fourth-order valence-electron chi connectivity index (χ4n) is 2.07. The summed E-state index contributed by atoms with van der Waals surface area (Å²) in [5, 5.41) is 4.20. The van der Waals surface area contributed by atoms with Crippen LogP contribution in [0, 0.1) is 10.5 Å². The molecule has 0 radical (unpaired) electrons. The highest BCUT2D eigenvalue weighted by Gasteiger charge is 2.11. The third-order valence-electron chi connectivity index (χ3n) is 3.30. The van der Waals surface area contributed by atoms with Gasteiger partial charge >= 0.3 is 0 Å². The molecule has 0 bridgehead atoms. The molecular formula is C16H17ClIN. The molecule has 2 aromatic carbocycles. The highest BCUT2D eigenvalue weighted by Crippen LogP contribution is 2.24. The lowest BCUT2D eigenvalue weighted by molar-refractivity contribution is 0.592. The minimum absolute atomic E-state index is 0.290. The molecule has 3 heteroatoms. The summed E-state index contributed by atoms with van der Waals surface area (Å²) < 4.78 is 1.26. The van der Waals surface area contributed by atoms with Gasteiger partial charge in [-0.1, -0.05) is 35.9 Å². The second-order valence-electron chi connectivity index (χ2n) is 4.68. The van der Waals surface area contributed by atoms with E-state index in [2.05, 4.69) is 70.4 Å². The Kier molecular flexibility index (Phi) is 5.25. The van der Waals surface area contributed by atoms with Gasteiger partial charge in [-0.05, 0) is 77.9 Å². The van der Waals surface area contributed by atoms with E-state index in [0.717, 1.165) is 17.0 Å². The Labute approximate surface area is 133 Å². The monoisotopic (exact) mass is 385 g/mol. The van der Waals surface area contributed by atoms with Crippen molar-refractivity contribution < 1.29 is 0 Å². The Morgan fingerprint density at radius 2 is 1.84 bits per heavy atom. The standard InChI is InChI=1S/C16H17ClIN/c1-11-3-6-13(10-15(11)17)16(19-2)9-12-4-7-14(18)8-5-12/h3-8,10,16,19H,9H2,1-2H3. The van der Waals surface area contributed by atoms with Crippen molar-refractivity contribution in [3.8, 4) is 0 Å². The zero-order valence-electron chi connectivity index (χ0n) is 11.1. The average molecular weight is 386 g/mol. The number of aryl methyl sites for hydroxylation is 1. The predicted molar refractivity (Wildman–Crippen MR) is 90.9 cm³/mol. The number of hydrogen-bond acceptors (Lipinski definition) is 1. The minimum atomic E-state index is 0.290. The van der Waals surface area contributed by atoms with Crippen molar-refractivity contribution in [2.45, 2.75) is 19.4 Å². The number of halogens is 2. The first-order valence-electron chi connectivity index (χ1n) is 6.28. The SMILES string of the molecule is CNC(Cc1ccc(I)cc1)c1ccc(C)c(Cl)c1. The summed E-state index contributed by atoms with van der Waals surface area (Å²) >= 11 is 8.54. The maximum atomic E-state index is 6.21. The van der Waals surface area contributed by atoms with E-state index in [4.69, 9.17) is 11.6 Å². The molecule has 0 saturated heterocycles. The molecule has 0 aliphatic carbocycles. The number of benzene rings is 2. The van der Waals surface area contributed by atoms with Crippen LogP contribution in [0.1, 0.15) is 22.7 Å². The fourth-order valence-corrected chi connectivity index (χ4v) is 2.62. The number of rotatable bonds is 4. The van der Waals surface area contributed by atoms with Gasteiger partial charge in [0.25, 0.3) is 0 Å². The van der Waals surface area contributed by atoms with Gasteiger partial charge in [-0.2, -0.15) is 0 Å². The molecule has 1 atom stereocenters. The maximum Gasteiger partial charge on any atom is 0.0438 e. The summed E-state index contributed by atoms with van der Waals surface area (Å²) in [4.78, 5) is 0. The Morgan fingerprint density at radius 3 is 2.42 bits per heavy atom. The van der Waals surface area contributed by atoms with Gasteiger partial charge in [0.1, 0.15) is 0 Å². The number of hydrogen-bond donors (Lipinski definition) is 1. The molecule has 2 aromatic rings. The molecule has 0 aliphatic heterocycles. The molecule has 2 rings (SSSR count). The lowest BCUT2D eigenvalue weighted by Crippen LogP contribution is -2.18. The van der Waals surface area contributed by atoms with Gasteiger partial charge in [-0.15, -0.1) is 0 Å². The Hall–Kier alpha value is -0.580. The van der Waals surface area contributed by atoms with Crippen molar-refractivity contribution >= 4 is 34.2 Å². The van der Waals surface area contributed by atoms with Crippen LogP contribution in [0.25, 0.3) is 0 Å². The van der Waals surface area contributed by atoms with E-state index < -0.39 is 0 Å². The number of nitrogens with one attached hydrogen (secondary N) is 1. The highest BCUT2D eigenvalue weighted by molar-refractivity contribution is 14.1. The van der Waals surface area contributed by atoms with Crippen molar-refractivity contribution in [1.29, 1.82) is 0 Å². The summed E-state index contributed by atoms with van der Waals surface area (Å²) in [5.41, 5.74) is 3.68. The van der Waals surface area contributed by atoms with Gasteiger partial charge in [-0.3, -0.25) is 0 Å². The molecule has 1 unspecified atom stereocenters. The normalized spacial score (nSPS) is 12.4. The molecule has 0 amide bonds. The van der Waals surface area contributed by atoms with Gasteiger partial charge in [0.2, 0.25) is 0 Å². The molecule has 0 saturated carbocycles. The van der Waals surface area contributed by atoms with Crippen LogP contribution in [0.4, 0.5) is 0 Å². The third-order valence-corrected chi connectivity index (χ3v) is 4.43. The summed E-state index contributed by atoms with van der Waals surface area (Å²) in [7, 11) is 1.99. The second kappa shape index (κ2) is 6.73. The molecule has 0 spiro atoms. The second-order valence-corrected chi connectivity index (χ2v) is 6.33. The summed E-state index contributed by atoms with van der Waals surface area (Å²) in [5.74, 6) is 0. The fraction of sp³-hybridized carbons (Fsp3) is 0.250. The Morgan fingerprint density at radius 1 is 1.16 bits per heavy atom. The van der Waals surface area contributed by atoms with Crippen molar-refractivity contribution in [1.82, 2.24) is 5.32 Å². The zero-order chi connectivity index (χ0) is 13.8. The van der Waals surface area contributed by atoms with Crippen LogP contribution in [-0.4, -0.2) is 7.05 Å². The first-order valence-corrected chi connectivity index (χ1v) is 7.73. The van der Waals surface area contributed by atoms with E-state index in [9.17, 15) is 0 Å². The van der Waals surface area contributed by atoms with E-state index in [-0.39, 0.29) is 6.04 Å². The van der Waals surface area contributed by atoms with Gasteiger partial charge in [0.15, 0.2) is 0 Å². The first-order chi connectivity index (χ1) is 9.10. The molecule has 0 fully saturated rings. The highest BCUT2D eigenvalue weighted by atomic mass is 127. The van der Waals surface area contributed by atoms with Crippen molar-refractivity contribution in [3.63, 3.8) is 0 Å². The van der Waals surface area contributed by atoms with Crippen LogP contribution in [0.2, 0.25) is 5.02 Å². The van der Waals surface area contributed by atoms with Gasteiger partial charge < -0.3 is 5.32 Å². The van der Waals surface area contributed by atoms with E-state index in [1.165, 1.54) is 14.7 Å². The van der Waals surface area contributed by atoms with Crippen LogP contribution >= 0.6 is 34.2 Å². The zero-order valence-corrected chi connectivity index (χ0v) is 14.0. The lowest BCUT2D eigenvalue weighted by Gasteiger charge is -2.17. The van der Waals surface area contributed by atoms with Crippen LogP contribution < -0.4 is 5.32 Å². The molecule has 100 valence electrons. The molecule has 1 nitrogen and oxygen atoms in total. The minimum Gasteiger partial charge on any atom is -0.313 e. The van der Waals surface area contributed by atoms with Crippen molar-refractivity contribution in [3.05, 3.63) is 67.7 Å². The quantitative estimate of drug-likeness (QED) is 0.749. The predicted octanol–water partition coefficient (Wildman–Crippen LogP) is 4.76. The molecule has 1 N–H and O–H groups in total. The third kappa shape index (κ3) is 3.94. The van der Waals surface area contributed by atoms with Gasteiger partial charge in [-0.25, -0.2) is 0 Å². The molecule has 0 aromatic heterocycles. The van der Waals surface area contributed by atoms with E-state index in [0.29, 0.717) is 0 Å². The summed E-state index contributed by atoms with van der Waals surface area (Å²) in [6, 6.07) is 15.2. The Balaban J connectivity index is 2.19. The smallest absolute Gasteiger partial charge is 0.0438 e. The topological polar surface area (TPSA) is 12.0 Å². The molecule has 19 heavy (non-hydrogen) atoms. The van der Waals surface area contributed by atoms with Crippen molar-refractivity contribution in [2.75, 3.05) is 7.05 Å². The lowest BCUT2D eigenvalue weighted by atomic mass is 9.98. The van der Waals surface area contributed by atoms with Gasteiger partial charge in [0.05, 0.1) is 0 Å². The van der Waals surface area contributed by atoms with E-state index >= 15 is 0 Å². The largest absolute Gasteiger partial charge is 0.313 e. The van der Waals surface area contributed by atoms with Crippen molar-refractivity contribution in [2.24, 2.45) is 0 Å². The van der Waals surface area contributed by atoms with Crippen LogP contribution in [0.3, 0.4) is 0 Å². The first kappa shape index (κ1) is 14.8. The van der Waals surface area contributed by atoms with E-state index in [1.54, 1.807) is 0 Å². The van der Waals surface area contributed by atoms with Gasteiger partial charge in [0, 0.05) is 14.6 Å². The molecular weight excluding hydrogens is 369 g/mol. The Bertz CT molecular complexity index is 551. The van der Waals surface area contributed by atoms with Crippen LogP contribution in [-0.2, 0) is 6.42 Å². The van der Waals surface area contributed by atoms with Crippen LogP contribution in [0.5, 0.6) is 0 Å². The van der Waals surface area contributed by atoms with E-state index in [1.807, 2.05) is 14.0 Å². The molecule has 0 aliphatic rings. The summed E-state index contributed by atoms with van der Waals surface area (Å²) in [6.45, 7) is 2.03. The van der Waals surface area contributed by atoms with Crippen LogP contribution in [0.15, 0.2) is 42.5 Å². The molecule has 0 heterocycles. The maximum absolute atomic E-state index is 6.21. The average Bonchev–Trinajstić information content (AvgIpc) is 2.41. The summed E-state index contributed by atoms with van der Waals surface area (Å²) in [6.07, 6.45) is 0.965.